The van der Waals surface area contributed by atoms with Crippen LogP contribution in [0.2, 0.25) is 4.01 Å². The first-order chi connectivity index (χ1) is 5.19. The van der Waals surface area contributed by atoms with E-state index in [9.17, 15) is 0 Å². The van der Waals surface area contributed by atoms with Crippen LogP contribution in [0.15, 0.2) is 16.9 Å². The Morgan fingerprint density at radius 1 is 1.45 bits per heavy atom. The van der Waals surface area contributed by atoms with Crippen LogP contribution in [0.4, 0.5) is 0 Å². The number of hydrogen-bond donors (Lipinski definition) is 0. The molecule has 2 saturated carbocycles. The summed E-state index contributed by atoms with van der Waals surface area (Å²) in [7, 11) is 0. The molecule has 0 aliphatic heterocycles. The normalized spacial score (nSPS) is 51.4. The van der Waals surface area contributed by atoms with Crippen LogP contribution in [0.25, 0.3) is 0 Å². The van der Waals surface area contributed by atoms with Gasteiger partial charge in [-0.1, -0.05) is 0 Å². The van der Waals surface area contributed by atoms with E-state index in [4.69, 9.17) is 0 Å². The van der Waals surface area contributed by atoms with Crippen molar-refractivity contribution in [1.82, 2.24) is 0 Å². The van der Waals surface area contributed by atoms with Gasteiger partial charge in [-0.05, 0) is 0 Å². The third-order valence-electron chi connectivity index (χ3n) is 3.94. The third-order valence-corrected chi connectivity index (χ3v) is 5.86. The standard InChI is InChI=1S/C10H11.Ru.3H/c1-7-6-8-2-4-10(8)5-3-9(7)10;;;;/h2-5H2,1H3;;;;/q;+3;3*-1. The summed E-state index contributed by atoms with van der Waals surface area (Å²) >= 11 is 2.98. The quantitative estimate of drug-likeness (QED) is 0.447. The van der Waals surface area contributed by atoms with Crippen LogP contribution in [0.3, 0.4) is 0 Å². The fourth-order valence-corrected chi connectivity index (χ4v) is 3.97. The van der Waals surface area contributed by atoms with Crippen molar-refractivity contribution in [2.75, 3.05) is 0 Å². The number of allylic oxidation sites excluding steroid dienone is 1. The molecule has 3 aliphatic rings. The zero-order chi connectivity index (χ0) is 7.69. The van der Waals surface area contributed by atoms with E-state index in [2.05, 4.69) is 31.0 Å². The van der Waals surface area contributed by atoms with Crippen LogP contribution in [0.1, 0.15) is 36.9 Å². The van der Waals surface area contributed by atoms with Crippen LogP contribution >= 0.6 is 0 Å². The van der Waals surface area contributed by atoms with E-state index in [1.807, 2.05) is 0 Å². The van der Waals surface area contributed by atoms with Crippen LogP contribution in [-0.4, -0.2) is 0 Å². The van der Waals surface area contributed by atoms with Gasteiger partial charge < -0.3 is 4.28 Å². The fourth-order valence-electron chi connectivity index (χ4n) is 2.95. The number of rotatable bonds is 0. The molecule has 0 heterocycles. The molecule has 0 radical (unpaired) electrons. The van der Waals surface area contributed by atoms with Gasteiger partial charge >= 0.3 is 77.2 Å². The second-order valence-electron chi connectivity index (χ2n) is 4.09. The second-order valence-corrected chi connectivity index (χ2v) is 5.57. The molecule has 0 saturated heterocycles. The molecule has 2 fully saturated rings. The Hall–Kier alpha value is 0.143. The van der Waals surface area contributed by atoms with Gasteiger partial charge in [-0.2, -0.15) is 0 Å². The maximum absolute atomic E-state index is 3.56. The molecule has 0 bridgehead atoms. The molecule has 0 aromatic carbocycles. The first-order valence-electron chi connectivity index (χ1n) is 4.34. The average Bonchev–Trinajstić information content (AvgIpc) is 1.99. The SMILES string of the molecule is CC1=C=C2CCC23CC[C]13[Ru+3].[H-].[H-].[H-]. The van der Waals surface area contributed by atoms with E-state index in [-0.39, 0.29) is 4.28 Å². The predicted molar refractivity (Wildman–Crippen MR) is 43.1 cm³/mol. The molecule has 3 rings (SSSR count). The first kappa shape index (κ1) is 6.64. The molecule has 0 aromatic rings. The molecule has 0 aromatic heterocycles. The Morgan fingerprint density at radius 2 is 2.27 bits per heavy atom. The minimum Gasteiger partial charge on any atom is -1.00 e. The number of hydrogen-bond acceptors (Lipinski definition) is 0. The maximum Gasteiger partial charge on any atom is -1.00 e. The van der Waals surface area contributed by atoms with Crippen molar-refractivity contribution in [3.05, 3.63) is 16.9 Å². The van der Waals surface area contributed by atoms with Gasteiger partial charge in [0.2, 0.25) is 0 Å². The van der Waals surface area contributed by atoms with Gasteiger partial charge in [0.05, 0.1) is 0 Å². The summed E-state index contributed by atoms with van der Waals surface area (Å²) < 4.78 is 0.486. The molecule has 0 nitrogen and oxygen atoms in total. The van der Waals surface area contributed by atoms with Gasteiger partial charge in [0.1, 0.15) is 0 Å². The van der Waals surface area contributed by atoms with E-state index in [1.54, 1.807) is 5.57 Å². The third kappa shape index (κ3) is 0.462. The summed E-state index contributed by atoms with van der Waals surface area (Å²) in [5.41, 5.74) is 7.33. The minimum atomic E-state index is 0. The summed E-state index contributed by atoms with van der Waals surface area (Å²) in [4.78, 5) is 0. The monoisotopic (exact) mass is 236 g/mol. The van der Waals surface area contributed by atoms with Gasteiger partial charge in [0, 0.05) is 0 Å². The Bertz CT molecular complexity index is 300. The van der Waals surface area contributed by atoms with Crippen LogP contribution < -0.4 is 0 Å². The minimum absolute atomic E-state index is 0. The molecule has 0 amide bonds. The zero-order valence-electron chi connectivity index (χ0n) is 9.68. The Kier molecular flexibility index (Phi) is 0.955. The van der Waals surface area contributed by atoms with Gasteiger partial charge in [-0.25, -0.2) is 0 Å². The topological polar surface area (TPSA) is 0 Å². The van der Waals surface area contributed by atoms with Crippen molar-refractivity contribution in [2.24, 2.45) is 5.41 Å². The van der Waals surface area contributed by atoms with Crippen molar-refractivity contribution in [1.29, 1.82) is 0 Å². The maximum atomic E-state index is 3.56. The molecule has 62 valence electrons. The molecular formula is C10H14Ru. The Morgan fingerprint density at radius 3 is 2.55 bits per heavy atom. The van der Waals surface area contributed by atoms with E-state index in [0.717, 1.165) is 0 Å². The van der Waals surface area contributed by atoms with Crippen LogP contribution in [0, 0.1) is 5.41 Å². The summed E-state index contributed by atoms with van der Waals surface area (Å²) in [6.07, 6.45) is 5.57. The molecular weight excluding hydrogens is 221 g/mol. The summed E-state index contributed by atoms with van der Waals surface area (Å²) in [6, 6.07) is 0. The Balaban J connectivity index is 0.000000563. The van der Waals surface area contributed by atoms with Crippen molar-refractivity contribution < 1.29 is 22.6 Å². The molecule has 3 aliphatic carbocycles. The molecule has 1 heteroatoms. The van der Waals surface area contributed by atoms with E-state index < -0.39 is 0 Å². The molecule has 1 spiro atoms. The van der Waals surface area contributed by atoms with Gasteiger partial charge in [0.25, 0.3) is 0 Å². The molecule has 2 unspecified atom stereocenters. The fraction of sp³-hybridized carbons (Fsp3) is 0.700. The second kappa shape index (κ2) is 1.58. The van der Waals surface area contributed by atoms with E-state index in [1.165, 1.54) is 31.3 Å². The van der Waals surface area contributed by atoms with Gasteiger partial charge in [-0.15, -0.1) is 0 Å². The van der Waals surface area contributed by atoms with Crippen molar-refractivity contribution in [3.63, 3.8) is 0 Å². The molecule has 11 heavy (non-hydrogen) atoms. The summed E-state index contributed by atoms with van der Waals surface area (Å²) in [5, 5.41) is 0. The first-order valence-corrected chi connectivity index (χ1v) is 5.21. The smallest absolute Gasteiger partial charge is 1.00 e. The summed E-state index contributed by atoms with van der Waals surface area (Å²) in [5.74, 6) is 0. The van der Waals surface area contributed by atoms with E-state index >= 15 is 0 Å². The molecule has 0 N–H and O–H groups in total. The summed E-state index contributed by atoms with van der Waals surface area (Å²) in [6.45, 7) is 2.25. The average molecular weight is 235 g/mol. The van der Waals surface area contributed by atoms with Crippen LogP contribution in [-0.2, 0) is 18.3 Å². The van der Waals surface area contributed by atoms with E-state index in [0.29, 0.717) is 9.42 Å². The predicted octanol–water partition coefficient (Wildman–Crippen LogP) is 3.09. The van der Waals surface area contributed by atoms with Gasteiger partial charge in [-0.3, -0.25) is 0 Å². The van der Waals surface area contributed by atoms with Crippen molar-refractivity contribution in [2.45, 2.75) is 36.6 Å². The zero-order valence-corrected chi connectivity index (χ0v) is 8.42. The molecule has 2 atom stereocenters. The largest absolute Gasteiger partial charge is 1.00 e. The van der Waals surface area contributed by atoms with Crippen molar-refractivity contribution >= 4 is 0 Å². The van der Waals surface area contributed by atoms with Crippen molar-refractivity contribution in [3.8, 4) is 0 Å². The Labute approximate surface area is 81.9 Å². The van der Waals surface area contributed by atoms with Crippen LogP contribution in [0.5, 0.6) is 0 Å². The van der Waals surface area contributed by atoms with Gasteiger partial charge in [0.15, 0.2) is 0 Å².